The molecule has 29 heavy (non-hydrogen) atoms. The summed E-state index contributed by atoms with van der Waals surface area (Å²) < 4.78 is 14.3. The monoisotopic (exact) mass is 396 g/mol. The van der Waals surface area contributed by atoms with Gasteiger partial charge in [0.15, 0.2) is 6.10 Å². The highest BCUT2D eigenvalue weighted by Gasteiger charge is 2.43. The molecular formula is C24H32N2O3. The predicted octanol–water partition coefficient (Wildman–Crippen LogP) is 4.86. The van der Waals surface area contributed by atoms with E-state index in [0.717, 1.165) is 29.7 Å². The number of esters is 1. The first-order valence-electron chi connectivity index (χ1n) is 10.9. The van der Waals surface area contributed by atoms with E-state index >= 15 is 0 Å². The Morgan fingerprint density at radius 3 is 2.83 bits per heavy atom. The van der Waals surface area contributed by atoms with Crippen LogP contribution in [0.3, 0.4) is 0 Å². The molecule has 0 spiro atoms. The second-order valence-corrected chi connectivity index (χ2v) is 8.89. The van der Waals surface area contributed by atoms with Crippen LogP contribution in [0.1, 0.15) is 58.6 Å². The summed E-state index contributed by atoms with van der Waals surface area (Å²) >= 11 is 0. The van der Waals surface area contributed by atoms with E-state index in [9.17, 15) is 4.79 Å². The number of carbonyl (C=O) groups excluding carboxylic acids is 1. The van der Waals surface area contributed by atoms with Crippen LogP contribution in [0.25, 0.3) is 11.3 Å². The van der Waals surface area contributed by atoms with E-state index in [1.807, 2.05) is 25.3 Å². The number of hydrogen-bond donors (Lipinski definition) is 0. The largest absolute Gasteiger partial charge is 0.464 e. The molecule has 1 aromatic heterocycles. The van der Waals surface area contributed by atoms with Crippen LogP contribution in [0.4, 0.5) is 0 Å². The summed E-state index contributed by atoms with van der Waals surface area (Å²) in [4.78, 5) is 17.5. The Hall–Kier alpha value is -2.14. The van der Waals surface area contributed by atoms with Gasteiger partial charge in [-0.1, -0.05) is 51.5 Å². The summed E-state index contributed by atoms with van der Waals surface area (Å²) in [7, 11) is 0. The Kier molecular flexibility index (Phi) is 5.77. The number of ether oxygens (including phenoxy) is 2. The smallest absolute Gasteiger partial charge is 0.337 e. The lowest BCUT2D eigenvalue weighted by atomic mass is 9.75. The van der Waals surface area contributed by atoms with Crippen LogP contribution in [0, 0.1) is 17.8 Å². The maximum atomic E-state index is 13.1. The molecule has 1 saturated carbocycles. The first-order chi connectivity index (χ1) is 14.0. The summed E-state index contributed by atoms with van der Waals surface area (Å²) in [5.41, 5.74) is 3.25. The van der Waals surface area contributed by atoms with Crippen LogP contribution in [-0.2, 0) is 14.3 Å². The molecular weight excluding hydrogens is 364 g/mol. The number of fused-ring (bicyclic) bond motifs is 3. The third-order valence-corrected chi connectivity index (χ3v) is 6.61. The maximum Gasteiger partial charge on any atom is 0.337 e. The van der Waals surface area contributed by atoms with Gasteiger partial charge in [-0.3, -0.25) is 0 Å². The first-order valence-corrected chi connectivity index (χ1v) is 10.9. The minimum Gasteiger partial charge on any atom is -0.464 e. The molecule has 2 heterocycles. The fourth-order valence-corrected chi connectivity index (χ4v) is 5.12. The number of rotatable bonds is 6. The molecule has 1 aliphatic heterocycles. The summed E-state index contributed by atoms with van der Waals surface area (Å²) in [5, 5.41) is 0. The number of aromatic nitrogens is 2. The molecule has 2 unspecified atom stereocenters. The van der Waals surface area contributed by atoms with Crippen LogP contribution < -0.4 is 0 Å². The van der Waals surface area contributed by atoms with Crippen LogP contribution in [-0.4, -0.2) is 34.3 Å². The van der Waals surface area contributed by atoms with Crippen LogP contribution in [0.15, 0.2) is 36.8 Å². The topological polar surface area (TPSA) is 53.4 Å². The minimum absolute atomic E-state index is 0.0629. The second kappa shape index (κ2) is 8.31. The Morgan fingerprint density at radius 1 is 1.28 bits per heavy atom. The highest BCUT2D eigenvalue weighted by atomic mass is 16.6. The van der Waals surface area contributed by atoms with Crippen LogP contribution in [0.2, 0.25) is 0 Å². The number of benzene rings is 1. The third kappa shape index (κ3) is 3.73. The summed E-state index contributed by atoms with van der Waals surface area (Å²) in [6.07, 6.45) is 6.42. The summed E-state index contributed by atoms with van der Waals surface area (Å²) in [5.74, 6) is 1.31. The van der Waals surface area contributed by atoms with Gasteiger partial charge in [0.05, 0.1) is 37.0 Å². The zero-order chi connectivity index (χ0) is 20.5. The third-order valence-electron chi connectivity index (χ3n) is 6.61. The fourth-order valence-electron chi connectivity index (χ4n) is 5.12. The summed E-state index contributed by atoms with van der Waals surface area (Å²) in [6, 6.07) is 7.98. The van der Waals surface area contributed by atoms with Crippen molar-refractivity contribution in [1.82, 2.24) is 9.55 Å². The van der Waals surface area contributed by atoms with Gasteiger partial charge in [-0.15, -0.1) is 0 Å². The second-order valence-electron chi connectivity index (χ2n) is 8.89. The van der Waals surface area contributed by atoms with Gasteiger partial charge >= 0.3 is 5.97 Å². The van der Waals surface area contributed by atoms with E-state index < -0.39 is 6.10 Å². The van der Waals surface area contributed by atoms with Crippen molar-refractivity contribution >= 4 is 5.97 Å². The SMILES string of the molecule is CCOC(=O)C(O[C@@H]1C[C@@H](C)CC[C@@H]1C(C)C)C1c2ccccc2-c2cncn21. The highest BCUT2D eigenvalue weighted by Crippen LogP contribution is 2.44. The number of imidazole rings is 1. The van der Waals surface area contributed by atoms with Crippen molar-refractivity contribution in [2.24, 2.45) is 17.8 Å². The van der Waals surface area contributed by atoms with Crippen molar-refractivity contribution in [3.8, 4) is 11.3 Å². The van der Waals surface area contributed by atoms with E-state index in [1.54, 1.807) is 6.33 Å². The van der Waals surface area contributed by atoms with Gasteiger partial charge in [-0.2, -0.15) is 0 Å². The van der Waals surface area contributed by atoms with Crippen molar-refractivity contribution in [3.05, 3.63) is 42.4 Å². The standard InChI is InChI=1S/C24H32N2O3/c1-5-28-24(27)23(29-21-12-16(4)10-11-17(21)15(2)3)22-19-9-7-6-8-18(19)20-13-25-14-26(20)22/h6-9,13-17,21-23H,5,10-12H2,1-4H3/t16-,17+,21+,22?,23?/m0/s1. The highest BCUT2D eigenvalue weighted by molar-refractivity contribution is 5.79. The molecule has 5 atom stereocenters. The van der Waals surface area contributed by atoms with Crippen molar-refractivity contribution in [2.45, 2.75) is 65.2 Å². The zero-order valence-electron chi connectivity index (χ0n) is 17.9. The molecule has 0 bridgehead atoms. The van der Waals surface area contributed by atoms with Gasteiger partial charge < -0.3 is 14.0 Å². The Labute approximate surface area is 173 Å². The number of hydrogen-bond acceptors (Lipinski definition) is 4. The van der Waals surface area contributed by atoms with E-state index in [1.165, 1.54) is 6.42 Å². The van der Waals surface area contributed by atoms with Gasteiger partial charge in [-0.05, 0) is 43.1 Å². The van der Waals surface area contributed by atoms with Gasteiger partial charge in [0.25, 0.3) is 0 Å². The summed E-state index contributed by atoms with van der Waals surface area (Å²) in [6.45, 7) is 8.99. The van der Waals surface area contributed by atoms with Crippen molar-refractivity contribution in [2.75, 3.05) is 6.61 Å². The van der Waals surface area contributed by atoms with E-state index in [-0.39, 0.29) is 18.1 Å². The van der Waals surface area contributed by atoms with Gasteiger partial charge in [0, 0.05) is 5.56 Å². The zero-order valence-corrected chi connectivity index (χ0v) is 17.9. The normalized spacial score (nSPS) is 26.8. The Balaban J connectivity index is 1.71. The Morgan fingerprint density at radius 2 is 2.07 bits per heavy atom. The maximum absolute atomic E-state index is 13.1. The van der Waals surface area contributed by atoms with E-state index in [0.29, 0.717) is 24.4 Å². The molecule has 5 nitrogen and oxygen atoms in total. The minimum atomic E-state index is -0.678. The lowest BCUT2D eigenvalue weighted by Gasteiger charge is -2.39. The van der Waals surface area contributed by atoms with E-state index in [4.69, 9.17) is 9.47 Å². The van der Waals surface area contributed by atoms with Gasteiger partial charge in [0.1, 0.15) is 0 Å². The molecule has 2 aromatic rings. The molecule has 1 fully saturated rings. The first kappa shape index (κ1) is 20.1. The quantitative estimate of drug-likeness (QED) is 0.654. The van der Waals surface area contributed by atoms with Crippen molar-refractivity contribution in [3.63, 3.8) is 0 Å². The average Bonchev–Trinajstić information content (AvgIpc) is 3.27. The van der Waals surface area contributed by atoms with Gasteiger partial charge in [0.2, 0.25) is 0 Å². The van der Waals surface area contributed by atoms with Gasteiger partial charge in [-0.25, -0.2) is 9.78 Å². The van der Waals surface area contributed by atoms with E-state index in [2.05, 4.69) is 42.5 Å². The fraction of sp³-hybridized carbons (Fsp3) is 0.583. The molecule has 1 aliphatic carbocycles. The number of nitrogens with zero attached hydrogens (tertiary/aromatic N) is 2. The van der Waals surface area contributed by atoms with Crippen molar-refractivity contribution < 1.29 is 14.3 Å². The average molecular weight is 397 g/mol. The lowest BCUT2D eigenvalue weighted by Crippen LogP contribution is -2.43. The lowest BCUT2D eigenvalue weighted by molar-refractivity contribution is -0.170. The Bertz CT molecular complexity index is 859. The van der Waals surface area contributed by atoms with Crippen LogP contribution in [0.5, 0.6) is 0 Å². The molecule has 5 heteroatoms. The molecule has 0 saturated heterocycles. The molecule has 1 aromatic carbocycles. The molecule has 4 rings (SSSR count). The van der Waals surface area contributed by atoms with Crippen LogP contribution >= 0.6 is 0 Å². The molecule has 0 amide bonds. The van der Waals surface area contributed by atoms with Crippen molar-refractivity contribution in [1.29, 1.82) is 0 Å². The molecule has 2 aliphatic rings. The molecule has 0 radical (unpaired) electrons. The molecule has 156 valence electrons. The predicted molar refractivity (Wildman–Crippen MR) is 112 cm³/mol. The molecule has 0 N–H and O–H groups in total. The number of carbonyl (C=O) groups is 1.